The molecule has 15 heavy (non-hydrogen) atoms. The van der Waals surface area contributed by atoms with Crippen LogP contribution in [0.2, 0.25) is 0 Å². The quantitative estimate of drug-likeness (QED) is 0.782. The van der Waals surface area contributed by atoms with Crippen molar-refractivity contribution in [3.05, 3.63) is 5.82 Å². The molecule has 1 aromatic rings. The van der Waals surface area contributed by atoms with E-state index in [2.05, 4.69) is 14.7 Å². The fourth-order valence-electron chi connectivity index (χ4n) is 2.25. The van der Waals surface area contributed by atoms with Gasteiger partial charge in [0, 0.05) is 18.1 Å². The Kier molecular flexibility index (Phi) is 3.94. The SMILES string of the molecule is Cc1nsc(NCCCC2CCCC2)n1. The summed E-state index contributed by atoms with van der Waals surface area (Å²) in [6.07, 6.45) is 8.46. The molecule has 0 radical (unpaired) electrons. The van der Waals surface area contributed by atoms with E-state index < -0.39 is 0 Å². The highest BCUT2D eigenvalue weighted by Gasteiger charge is 2.13. The highest BCUT2D eigenvalue weighted by atomic mass is 32.1. The molecule has 0 aliphatic heterocycles. The minimum absolute atomic E-state index is 0.873. The van der Waals surface area contributed by atoms with E-state index in [9.17, 15) is 0 Å². The maximum atomic E-state index is 4.28. The second-order valence-corrected chi connectivity index (χ2v) is 5.12. The molecule has 0 aromatic carbocycles. The molecular formula is C11H19N3S. The molecule has 0 saturated heterocycles. The van der Waals surface area contributed by atoms with Gasteiger partial charge in [0.2, 0.25) is 5.13 Å². The van der Waals surface area contributed by atoms with E-state index >= 15 is 0 Å². The lowest BCUT2D eigenvalue weighted by Crippen LogP contribution is -2.03. The van der Waals surface area contributed by atoms with E-state index in [0.29, 0.717) is 0 Å². The molecule has 1 fully saturated rings. The normalized spacial score (nSPS) is 17.1. The monoisotopic (exact) mass is 225 g/mol. The van der Waals surface area contributed by atoms with Gasteiger partial charge in [-0.1, -0.05) is 25.7 Å². The van der Waals surface area contributed by atoms with Crippen LogP contribution in [0.4, 0.5) is 5.13 Å². The fourth-order valence-corrected chi connectivity index (χ4v) is 2.85. The molecule has 1 N–H and O–H groups in total. The molecule has 0 unspecified atom stereocenters. The van der Waals surface area contributed by atoms with Crippen molar-refractivity contribution < 1.29 is 0 Å². The van der Waals surface area contributed by atoms with Gasteiger partial charge in [-0.05, 0) is 25.7 Å². The van der Waals surface area contributed by atoms with E-state index in [0.717, 1.165) is 23.4 Å². The molecule has 1 aliphatic rings. The van der Waals surface area contributed by atoms with Crippen LogP contribution in [-0.2, 0) is 0 Å². The summed E-state index contributed by atoms with van der Waals surface area (Å²) in [4.78, 5) is 4.28. The van der Waals surface area contributed by atoms with Gasteiger partial charge >= 0.3 is 0 Å². The van der Waals surface area contributed by atoms with E-state index in [1.54, 1.807) is 0 Å². The van der Waals surface area contributed by atoms with Crippen LogP contribution in [0.25, 0.3) is 0 Å². The van der Waals surface area contributed by atoms with Crippen molar-refractivity contribution in [2.24, 2.45) is 5.92 Å². The van der Waals surface area contributed by atoms with Crippen LogP contribution in [0.15, 0.2) is 0 Å². The van der Waals surface area contributed by atoms with E-state index in [4.69, 9.17) is 0 Å². The van der Waals surface area contributed by atoms with Crippen LogP contribution in [0, 0.1) is 12.8 Å². The first-order valence-corrected chi connectivity index (χ1v) is 6.66. The predicted octanol–water partition coefficient (Wildman–Crippen LogP) is 3.23. The van der Waals surface area contributed by atoms with Gasteiger partial charge < -0.3 is 5.32 Å². The number of aryl methyl sites for hydroxylation is 1. The summed E-state index contributed by atoms with van der Waals surface area (Å²) in [6.45, 7) is 2.98. The van der Waals surface area contributed by atoms with Crippen LogP contribution in [0.5, 0.6) is 0 Å². The number of anilines is 1. The molecule has 4 heteroatoms. The standard InChI is InChI=1S/C11H19N3S/c1-9-13-11(15-14-9)12-8-4-7-10-5-2-3-6-10/h10H,2-8H2,1H3,(H,12,13,14). The molecule has 1 saturated carbocycles. The van der Waals surface area contributed by atoms with Gasteiger partial charge in [-0.25, -0.2) is 4.98 Å². The summed E-state index contributed by atoms with van der Waals surface area (Å²) in [5.41, 5.74) is 0. The Balaban J connectivity index is 1.58. The van der Waals surface area contributed by atoms with E-state index in [1.165, 1.54) is 50.1 Å². The average Bonchev–Trinajstić information content (AvgIpc) is 2.84. The molecule has 1 heterocycles. The topological polar surface area (TPSA) is 37.8 Å². The zero-order chi connectivity index (χ0) is 10.5. The van der Waals surface area contributed by atoms with Crippen LogP contribution in [-0.4, -0.2) is 15.9 Å². The Morgan fingerprint density at radius 3 is 2.87 bits per heavy atom. The lowest BCUT2D eigenvalue weighted by molar-refractivity contribution is 0.491. The van der Waals surface area contributed by atoms with Crippen molar-refractivity contribution in [2.45, 2.75) is 45.4 Å². The second kappa shape index (κ2) is 5.45. The van der Waals surface area contributed by atoms with Crippen LogP contribution in [0.1, 0.15) is 44.3 Å². The summed E-state index contributed by atoms with van der Waals surface area (Å²) in [5.74, 6) is 1.88. The third-order valence-electron chi connectivity index (χ3n) is 3.07. The number of hydrogen-bond acceptors (Lipinski definition) is 4. The molecular weight excluding hydrogens is 206 g/mol. The smallest absolute Gasteiger partial charge is 0.202 e. The number of nitrogens with one attached hydrogen (secondary N) is 1. The predicted molar refractivity (Wildman–Crippen MR) is 64.3 cm³/mol. The largest absolute Gasteiger partial charge is 0.360 e. The first-order chi connectivity index (χ1) is 7.34. The molecule has 1 aliphatic carbocycles. The Morgan fingerprint density at radius 1 is 1.40 bits per heavy atom. The summed E-state index contributed by atoms with van der Waals surface area (Å²) in [7, 11) is 0. The Morgan fingerprint density at radius 2 is 2.20 bits per heavy atom. The molecule has 2 rings (SSSR count). The van der Waals surface area contributed by atoms with Gasteiger partial charge in [-0.3, -0.25) is 0 Å². The minimum atomic E-state index is 0.873. The number of rotatable bonds is 5. The first-order valence-electron chi connectivity index (χ1n) is 5.89. The van der Waals surface area contributed by atoms with Crippen LogP contribution in [0.3, 0.4) is 0 Å². The first kappa shape index (κ1) is 10.9. The van der Waals surface area contributed by atoms with Gasteiger partial charge in [-0.2, -0.15) is 4.37 Å². The zero-order valence-corrected chi connectivity index (χ0v) is 10.1. The molecule has 84 valence electrons. The van der Waals surface area contributed by atoms with E-state index in [1.807, 2.05) is 6.92 Å². The van der Waals surface area contributed by atoms with Gasteiger partial charge in [0.05, 0.1) is 0 Å². The lowest BCUT2D eigenvalue weighted by atomic mass is 10.0. The molecule has 3 nitrogen and oxygen atoms in total. The van der Waals surface area contributed by atoms with Gasteiger partial charge in [0.1, 0.15) is 5.82 Å². The van der Waals surface area contributed by atoms with Gasteiger partial charge in [0.25, 0.3) is 0 Å². The zero-order valence-electron chi connectivity index (χ0n) is 9.33. The van der Waals surface area contributed by atoms with E-state index in [-0.39, 0.29) is 0 Å². The third-order valence-corrected chi connectivity index (χ3v) is 3.83. The van der Waals surface area contributed by atoms with Crippen molar-refractivity contribution >= 4 is 16.7 Å². The molecule has 0 atom stereocenters. The van der Waals surface area contributed by atoms with Gasteiger partial charge in [0.15, 0.2) is 0 Å². The van der Waals surface area contributed by atoms with Gasteiger partial charge in [-0.15, -0.1) is 0 Å². The molecule has 1 aromatic heterocycles. The molecule has 0 amide bonds. The summed E-state index contributed by atoms with van der Waals surface area (Å²) in [5, 5.41) is 4.31. The highest BCUT2D eigenvalue weighted by molar-refractivity contribution is 7.09. The highest BCUT2D eigenvalue weighted by Crippen LogP contribution is 2.28. The fraction of sp³-hybridized carbons (Fsp3) is 0.818. The maximum Gasteiger partial charge on any atom is 0.202 e. The Hall–Kier alpha value is -0.640. The Bertz CT molecular complexity index is 292. The minimum Gasteiger partial charge on any atom is -0.360 e. The van der Waals surface area contributed by atoms with Crippen molar-refractivity contribution in [1.29, 1.82) is 0 Å². The van der Waals surface area contributed by atoms with Crippen molar-refractivity contribution in [1.82, 2.24) is 9.36 Å². The summed E-state index contributed by atoms with van der Waals surface area (Å²) in [6, 6.07) is 0. The summed E-state index contributed by atoms with van der Waals surface area (Å²) < 4.78 is 4.14. The number of aromatic nitrogens is 2. The van der Waals surface area contributed by atoms with Crippen molar-refractivity contribution in [3.63, 3.8) is 0 Å². The van der Waals surface area contributed by atoms with Crippen LogP contribution >= 0.6 is 11.5 Å². The number of nitrogens with zero attached hydrogens (tertiary/aromatic N) is 2. The summed E-state index contributed by atoms with van der Waals surface area (Å²) >= 11 is 1.46. The molecule has 0 spiro atoms. The Labute approximate surface area is 95.5 Å². The second-order valence-electron chi connectivity index (χ2n) is 4.37. The van der Waals surface area contributed by atoms with Crippen molar-refractivity contribution in [2.75, 3.05) is 11.9 Å². The maximum absolute atomic E-state index is 4.28. The third kappa shape index (κ3) is 3.45. The van der Waals surface area contributed by atoms with Crippen molar-refractivity contribution in [3.8, 4) is 0 Å². The lowest BCUT2D eigenvalue weighted by Gasteiger charge is -2.08. The van der Waals surface area contributed by atoms with Crippen LogP contribution < -0.4 is 5.32 Å². The average molecular weight is 225 g/mol. The molecule has 0 bridgehead atoms. The number of hydrogen-bond donors (Lipinski definition) is 1.